The van der Waals surface area contributed by atoms with Crippen molar-refractivity contribution in [2.24, 2.45) is 0 Å². The smallest absolute Gasteiger partial charge is 0.127 e. The predicted octanol–water partition coefficient (Wildman–Crippen LogP) is 1.90. The zero-order chi connectivity index (χ0) is 11.5. The van der Waals surface area contributed by atoms with Crippen molar-refractivity contribution in [2.75, 3.05) is 5.32 Å². The molecule has 84 valence electrons. The number of benzene rings is 1. The fraction of sp³-hybridized carbons (Fsp3) is 0.0833. The van der Waals surface area contributed by atoms with Gasteiger partial charge in [0.25, 0.3) is 0 Å². The van der Waals surface area contributed by atoms with Crippen molar-refractivity contribution >= 4 is 16.9 Å². The Kier molecular flexibility index (Phi) is 2.42. The van der Waals surface area contributed by atoms with Gasteiger partial charge in [0.05, 0.1) is 5.52 Å². The van der Waals surface area contributed by atoms with Crippen molar-refractivity contribution in [2.45, 2.75) is 6.67 Å². The molecule has 2 aromatic heterocycles. The van der Waals surface area contributed by atoms with E-state index in [9.17, 15) is 0 Å². The molecule has 3 aromatic rings. The van der Waals surface area contributed by atoms with Crippen LogP contribution in [-0.2, 0) is 6.67 Å². The molecule has 0 radical (unpaired) electrons. The second-order valence-corrected chi connectivity index (χ2v) is 3.63. The van der Waals surface area contributed by atoms with Crippen LogP contribution in [0.1, 0.15) is 0 Å². The summed E-state index contributed by atoms with van der Waals surface area (Å²) in [5, 5.41) is 11.4. The predicted molar refractivity (Wildman–Crippen MR) is 65.4 cm³/mol. The molecule has 0 bridgehead atoms. The number of fused-ring (bicyclic) bond motifs is 1. The van der Waals surface area contributed by atoms with Gasteiger partial charge < -0.3 is 5.32 Å². The highest BCUT2D eigenvalue weighted by molar-refractivity contribution is 5.73. The third-order valence-corrected chi connectivity index (χ3v) is 2.50. The number of anilines is 1. The standard InChI is InChI=1S/C12H11N5/c1-2-6-11-10(5-1)15-16-17(11)9-14-12-7-3-4-8-13-12/h1-8H,9H2,(H,13,14). The van der Waals surface area contributed by atoms with Crippen LogP contribution in [0.15, 0.2) is 48.7 Å². The summed E-state index contributed by atoms with van der Waals surface area (Å²) >= 11 is 0. The number of pyridine rings is 1. The molecule has 0 atom stereocenters. The molecule has 0 saturated heterocycles. The van der Waals surface area contributed by atoms with Crippen molar-refractivity contribution in [1.29, 1.82) is 0 Å². The molecule has 0 amide bonds. The maximum Gasteiger partial charge on any atom is 0.127 e. The lowest BCUT2D eigenvalue weighted by atomic mass is 10.3. The number of aromatic nitrogens is 4. The molecule has 0 aliphatic carbocycles. The van der Waals surface area contributed by atoms with Crippen LogP contribution in [0.3, 0.4) is 0 Å². The van der Waals surface area contributed by atoms with E-state index >= 15 is 0 Å². The van der Waals surface area contributed by atoms with Gasteiger partial charge >= 0.3 is 0 Å². The maximum absolute atomic E-state index is 4.19. The molecular weight excluding hydrogens is 214 g/mol. The van der Waals surface area contributed by atoms with E-state index in [0.717, 1.165) is 16.9 Å². The van der Waals surface area contributed by atoms with E-state index in [0.29, 0.717) is 6.67 Å². The van der Waals surface area contributed by atoms with Crippen LogP contribution in [0, 0.1) is 0 Å². The first-order valence-electron chi connectivity index (χ1n) is 5.36. The van der Waals surface area contributed by atoms with Crippen LogP contribution in [0.2, 0.25) is 0 Å². The minimum atomic E-state index is 0.553. The summed E-state index contributed by atoms with van der Waals surface area (Å²) in [5.74, 6) is 0.826. The van der Waals surface area contributed by atoms with Gasteiger partial charge in [-0.15, -0.1) is 5.10 Å². The van der Waals surface area contributed by atoms with Crippen molar-refractivity contribution in [1.82, 2.24) is 20.0 Å². The summed E-state index contributed by atoms with van der Waals surface area (Å²) < 4.78 is 1.81. The Morgan fingerprint density at radius 1 is 1.06 bits per heavy atom. The van der Waals surface area contributed by atoms with Gasteiger partial charge in [0, 0.05) is 6.20 Å². The molecule has 0 aliphatic heterocycles. The summed E-state index contributed by atoms with van der Waals surface area (Å²) in [6, 6.07) is 13.6. The minimum Gasteiger partial charge on any atom is -0.351 e. The van der Waals surface area contributed by atoms with Gasteiger partial charge in [0.15, 0.2) is 0 Å². The van der Waals surface area contributed by atoms with Crippen LogP contribution >= 0.6 is 0 Å². The molecule has 0 unspecified atom stereocenters. The Morgan fingerprint density at radius 3 is 2.82 bits per heavy atom. The molecule has 0 fully saturated rings. The fourth-order valence-corrected chi connectivity index (χ4v) is 1.66. The van der Waals surface area contributed by atoms with Crippen molar-refractivity contribution in [3.63, 3.8) is 0 Å². The van der Waals surface area contributed by atoms with Crippen LogP contribution in [0.25, 0.3) is 11.0 Å². The average Bonchev–Trinajstić information content (AvgIpc) is 2.81. The Labute approximate surface area is 98.1 Å². The molecule has 1 N–H and O–H groups in total. The third-order valence-electron chi connectivity index (χ3n) is 2.50. The van der Waals surface area contributed by atoms with E-state index in [1.54, 1.807) is 6.20 Å². The number of nitrogens with one attached hydrogen (secondary N) is 1. The maximum atomic E-state index is 4.19. The highest BCUT2D eigenvalue weighted by atomic mass is 15.5. The molecule has 0 saturated carbocycles. The van der Waals surface area contributed by atoms with Crippen LogP contribution < -0.4 is 5.32 Å². The molecule has 5 heteroatoms. The van der Waals surface area contributed by atoms with E-state index in [4.69, 9.17) is 0 Å². The summed E-state index contributed by atoms with van der Waals surface area (Å²) in [6.45, 7) is 0.553. The van der Waals surface area contributed by atoms with E-state index < -0.39 is 0 Å². The fourth-order valence-electron chi connectivity index (χ4n) is 1.66. The molecule has 0 aliphatic rings. The van der Waals surface area contributed by atoms with Crippen molar-refractivity contribution < 1.29 is 0 Å². The number of hydrogen-bond donors (Lipinski definition) is 1. The average molecular weight is 225 g/mol. The Morgan fingerprint density at radius 2 is 1.94 bits per heavy atom. The highest BCUT2D eigenvalue weighted by Gasteiger charge is 2.02. The lowest BCUT2D eigenvalue weighted by Crippen LogP contribution is -2.10. The van der Waals surface area contributed by atoms with E-state index in [1.807, 2.05) is 47.1 Å². The first kappa shape index (κ1) is 9.77. The summed E-state index contributed by atoms with van der Waals surface area (Å²) in [4.78, 5) is 4.19. The second kappa shape index (κ2) is 4.21. The van der Waals surface area contributed by atoms with Gasteiger partial charge in [-0.05, 0) is 24.3 Å². The first-order valence-corrected chi connectivity index (χ1v) is 5.36. The van der Waals surface area contributed by atoms with Gasteiger partial charge in [-0.1, -0.05) is 23.4 Å². The van der Waals surface area contributed by atoms with Crippen molar-refractivity contribution in [3.8, 4) is 0 Å². The normalized spacial score (nSPS) is 10.6. The molecule has 3 rings (SSSR count). The van der Waals surface area contributed by atoms with Crippen molar-refractivity contribution in [3.05, 3.63) is 48.7 Å². The number of hydrogen-bond acceptors (Lipinski definition) is 4. The molecule has 1 aromatic carbocycles. The number of nitrogens with zero attached hydrogens (tertiary/aromatic N) is 4. The Hall–Kier alpha value is -2.43. The lowest BCUT2D eigenvalue weighted by molar-refractivity contribution is 0.653. The van der Waals surface area contributed by atoms with E-state index in [1.165, 1.54) is 0 Å². The Balaban J connectivity index is 1.82. The summed E-state index contributed by atoms with van der Waals surface area (Å²) in [5.41, 5.74) is 1.91. The largest absolute Gasteiger partial charge is 0.351 e. The molecule has 2 heterocycles. The molecule has 0 spiro atoms. The summed E-state index contributed by atoms with van der Waals surface area (Å²) in [7, 11) is 0. The van der Waals surface area contributed by atoms with Crippen LogP contribution in [0.4, 0.5) is 5.82 Å². The van der Waals surface area contributed by atoms with Crippen LogP contribution in [0.5, 0.6) is 0 Å². The van der Waals surface area contributed by atoms with E-state index in [-0.39, 0.29) is 0 Å². The quantitative estimate of drug-likeness (QED) is 0.739. The molecular formula is C12H11N5. The topological polar surface area (TPSA) is 55.6 Å². The second-order valence-electron chi connectivity index (χ2n) is 3.63. The lowest BCUT2D eigenvalue weighted by Gasteiger charge is -2.05. The van der Waals surface area contributed by atoms with Gasteiger partial charge in [-0.3, -0.25) is 0 Å². The van der Waals surface area contributed by atoms with Gasteiger partial charge in [0.2, 0.25) is 0 Å². The van der Waals surface area contributed by atoms with Gasteiger partial charge in [-0.25, -0.2) is 9.67 Å². The third kappa shape index (κ3) is 1.94. The van der Waals surface area contributed by atoms with Gasteiger partial charge in [0.1, 0.15) is 18.0 Å². The monoisotopic (exact) mass is 225 g/mol. The zero-order valence-corrected chi connectivity index (χ0v) is 9.11. The van der Waals surface area contributed by atoms with E-state index in [2.05, 4.69) is 20.6 Å². The molecule has 17 heavy (non-hydrogen) atoms. The number of rotatable bonds is 3. The zero-order valence-electron chi connectivity index (χ0n) is 9.11. The first-order chi connectivity index (χ1) is 8.43. The summed E-state index contributed by atoms with van der Waals surface area (Å²) in [6.07, 6.45) is 1.75. The number of para-hydroxylation sites is 1. The Bertz CT molecular complexity index is 617. The molecule has 5 nitrogen and oxygen atoms in total. The highest BCUT2D eigenvalue weighted by Crippen LogP contribution is 2.09. The van der Waals surface area contributed by atoms with Crippen LogP contribution in [-0.4, -0.2) is 20.0 Å². The van der Waals surface area contributed by atoms with Gasteiger partial charge in [-0.2, -0.15) is 0 Å². The SMILES string of the molecule is c1ccc(NCn2nnc3ccccc32)nc1. The minimum absolute atomic E-state index is 0.553.